The lowest BCUT2D eigenvalue weighted by Gasteiger charge is -2.14. The van der Waals surface area contributed by atoms with Gasteiger partial charge in [0.2, 0.25) is 6.29 Å². The number of hydrogen-bond donors (Lipinski definition) is 1. The fourth-order valence-electron chi connectivity index (χ4n) is 3.22. The van der Waals surface area contributed by atoms with Crippen molar-refractivity contribution in [3.05, 3.63) is 113 Å². The minimum atomic E-state index is -0.919. The molecule has 0 fully saturated rings. The van der Waals surface area contributed by atoms with Crippen molar-refractivity contribution in [1.82, 2.24) is 0 Å². The fourth-order valence-corrected chi connectivity index (χ4v) is 3.22. The number of benzene rings is 3. The van der Waals surface area contributed by atoms with Crippen molar-refractivity contribution in [3.63, 3.8) is 0 Å². The highest BCUT2D eigenvalue weighted by atomic mass is 19.1. The summed E-state index contributed by atoms with van der Waals surface area (Å²) >= 11 is 0. The van der Waals surface area contributed by atoms with Gasteiger partial charge in [-0.1, -0.05) is 48.5 Å². The van der Waals surface area contributed by atoms with E-state index in [9.17, 15) is 9.50 Å². The van der Waals surface area contributed by atoms with Crippen LogP contribution in [0.5, 0.6) is 5.75 Å². The van der Waals surface area contributed by atoms with E-state index >= 15 is 0 Å². The van der Waals surface area contributed by atoms with E-state index in [0.29, 0.717) is 29.9 Å². The van der Waals surface area contributed by atoms with E-state index < -0.39 is 6.10 Å². The Kier molecular flexibility index (Phi) is 5.77. The average molecular weight is 392 g/mol. The molecule has 4 rings (SSSR count). The zero-order valence-corrected chi connectivity index (χ0v) is 15.7. The summed E-state index contributed by atoms with van der Waals surface area (Å²) in [5, 5.41) is 10.5. The minimum absolute atomic E-state index is 0.285. The van der Waals surface area contributed by atoms with Crippen LogP contribution in [0.3, 0.4) is 0 Å². The lowest BCUT2D eigenvalue weighted by molar-refractivity contribution is -0.0209. The molecule has 0 saturated carbocycles. The predicted molar refractivity (Wildman–Crippen MR) is 106 cm³/mol. The molecule has 0 saturated heterocycles. The van der Waals surface area contributed by atoms with Gasteiger partial charge in [-0.3, -0.25) is 0 Å². The van der Waals surface area contributed by atoms with Gasteiger partial charge >= 0.3 is 0 Å². The Labute approximate surface area is 168 Å². The maximum Gasteiger partial charge on any atom is 0.243 e. The van der Waals surface area contributed by atoms with Crippen molar-refractivity contribution in [1.29, 1.82) is 0 Å². The van der Waals surface area contributed by atoms with Crippen LogP contribution in [0.25, 0.3) is 0 Å². The van der Waals surface area contributed by atoms with Gasteiger partial charge in [-0.2, -0.15) is 0 Å². The Bertz CT molecular complexity index is 993. The van der Waals surface area contributed by atoms with E-state index in [4.69, 9.17) is 14.2 Å². The SMILES string of the molecule is OC(c1cccc(F)c1)c1cccc(OCc2cccc(CC3OC=CO3)c2)c1. The number of aliphatic hydroxyl groups excluding tert-OH is 1. The number of halogens is 1. The Morgan fingerprint density at radius 3 is 2.34 bits per heavy atom. The molecule has 0 bridgehead atoms. The highest BCUT2D eigenvalue weighted by Gasteiger charge is 2.14. The molecule has 1 heterocycles. The van der Waals surface area contributed by atoms with Crippen molar-refractivity contribution < 1.29 is 23.7 Å². The quantitative estimate of drug-likeness (QED) is 0.623. The Morgan fingerprint density at radius 2 is 1.55 bits per heavy atom. The summed E-state index contributed by atoms with van der Waals surface area (Å²) in [6, 6.07) is 21.2. The first kappa shape index (κ1) is 19.0. The zero-order chi connectivity index (χ0) is 20.1. The fraction of sp³-hybridized carbons (Fsp3) is 0.167. The number of ether oxygens (including phenoxy) is 3. The molecule has 0 aromatic heterocycles. The van der Waals surface area contributed by atoms with Gasteiger partial charge in [0.25, 0.3) is 0 Å². The summed E-state index contributed by atoms with van der Waals surface area (Å²) in [6.07, 6.45) is 2.53. The molecule has 0 radical (unpaired) electrons. The third kappa shape index (κ3) is 4.95. The molecular weight excluding hydrogens is 371 g/mol. The molecule has 3 aromatic rings. The molecule has 1 aliphatic heterocycles. The summed E-state index contributed by atoms with van der Waals surface area (Å²) in [4.78, 5) is 0. The molecule has 1 atom stereocenters. The Hall–Kier alpha value is -3.31. The highest BCUT2D eigenvalue weighted by molar-refractivity contribution is 5.35. The van der Waals surface area contributed by atoms with Gasteiger partial charge in [-0.25, -0.2) is 4.39 Å². The maximum atomic E-state index is 13.4. The van der Waals surface area contributed by atoms with Crippen LogP contribution in [-0.4, -0.2) is 11.4 Å². The van der Waals surface area contributed by atoms with Crippen molar-refractivity contribution in [2.75, 3.05) is 0 Å². The highest BCUT2D eigenvalue weighted by Crippen LogP contribution is 2.26. The van der Waals surface area contributed by atoms with Crippen molar-refractivity contribution in [3.8, 4) is 5.75 Å². The first-order valence-corrected chi connectivity index (χ1v) is 9.37. The number of hydrogen-bond acceptors (Lipinski definition) is 4. The van der Waals surface area contributed by atoms with Crippen LogP contribution in [0.2, 0.25) is 0 Å². The van der Waals surface area contributed by atoms with Crippen LogP contribution in [0.4, 0.5) is 4.39 Å². The third-order valence-corrected chi connectivity index (χ3v) is 4.65. The lowest BCUT2D eigenvalue weighted by atomic mass is 10.0. The van der Waals surface area contributed by atoms with E-state index in [1.807, 2.05) is 30.3 Å². The summed E-state index contributed by atoms with van der Waals surface area (Å²) in [5.41, 5.74) is 3.25. The zero-order valence-electron chi connectivity index (χ0n) is 15.7. The molecule has 148 valence electrons. The van der Waals surface area contributed by atoms with Crippen LogP contribution in [-0.2, 0) is 22.5 Å². The molecule has 1 aliphatic rings. The van der Waals surface area contributed by atoms with Gasteiger partial charge in [0.05, 0.1) is 0 Å². The third-order valence-electron chi connectivity index (χ3n) is 4.65. The van der Waals surface area contributed by atoms with E-state index in [2.05, 4.69) is 6.07 Å². The molecule has 0 spiro atoms. The van der Waals surface area contributed by atoms with Crippen molar-refractivity contribution in [2.24, 2.45) is 0 Å². The molecular formula is C24H21FO4. The van der Waals surface area contributed by atoms with E-state index in [-0.39, 0.29) is 12.1 Å². The van der Waals surface area contributed by atoms with Crippen LogP contribution in [0.15, 0.2) is 85.3 Å². The second-order valence-electron chi connectivity index (χ2n) is 6.82. The second-order valence-corrected chi connectivity index (χ2v) is 6.82. The monoisotopic (exact) mass is 392 g/mol. The van der Waals surface area contributed by atoms with E-state index in [1.165, 1.54) is 12.1 Å². The largest absolute Gasteiger partial charge is 0.489 e. The number of rotatable bonds is 7. The van der Waals surface area contributed by atoms with Gasteiger partial charge in [0.1, 0.15) is 36.8 Å². The molecule has 1 unspecified atom stereocenters. The molecule has 0 amide bonds. The van der Waals surface area contributed by atoms with E-state index in [1.54, 1.807) is 36.8 Å². The lowest BCUT2D eigenvalue weighted by Crippen LogP contribution is -2.11. The van der Waals surface area contributed by atoms with Gasteiger partial charge in [-0.05, 0) is 46.5 Å². The van der Waals surface area contributed by atoms with E-state index in [0.717, 1.165) is 11.1 Å². The molecule has 29 heavy (non-hydrogen) atoms. The Morgan fingerprint density at radius 1 is 0.862 bits per heavy atom. The smallest absolute Gasteiger partial charge is 0.243 e. The van der Waals surface area contributed by atoms with Gasteiger partial charge in [0, 0.05) is 6.42 Å². The van der Waals surface area contributed by atoms with Crippen molar-refractivity contribution in [2.45, 2.75) is 25.4 Å². The van der Waals surface area contributed by atoms with Crippen molar-refractivity contribution >= 4 is 0 Å². The summed E-state index contributed by atoms with van der Waals surface area (Å²) < 4.78 is 30.0. The molecule has 3 aromatic carbocycles. The normalized spacial score (nSPS) is 14.3. The van der Waals surface area contributed by atoms with Crippen LogP contribution in [0, 0.1) is 5.82 Å². The summed E-state index contributed by atoms with van der Waals surface area (Å²) in [5.74, 6) is 0.257. The minimum Gasteiger partial charge on any atom is -0.489 e. The standard InChI is InChI=1S/C24H21FO4/c25-21-8-2-6-19(14-21)24(26)20-7-3-9-22(15-20)29-16-18-5-1-4-17(12-18)13-23-27-10-11-28-23/h1-12,14-15,23-24,26H,13,16H2. The predicted octanol–water partition coefficient (Wildman–Crippen LogP) is 4.87. The van der Waals surface area contributed by atoms with Crippen LogP contribution in [0.1, 0.15) is 28.4 Å². The molecule has 1 N–H and O–H groups in total. The first-order chi connectivity index (χ1) is 14.2. The van der Waals surface area contributed by atoms with Gasteiger partial charge in [0.15, 0.2) is 0 Å². The summed E-state index contributed by atoms with van der Waals surface area (Å²) in [7, 11) is 0. The summed E-state index contributed by atoms with van der Waals surface area (Å²) in [6.45, 7) is 0.387. The second kappa shape index (κ2) is 8.80. The maximum absolute atomic E-state index is 13.4. The van der Waals surface area contributed by atoms with Gasteiger partial charge < -0.3 is 19.3 Å². The Balaban J connectivity index is 1.41. The molecule has 0 aliphatic carbocycles. The number of aliphatic hydroxyl groups is 1. The average Bonchev–Trinajstić information content (AvgIpc) is 3.25. The van der Waals surface area contributed by atoms with Crippen LogP contribution < -0.4 is 4.74 Å². The van der Waals surface area contributed by atoms with Crippen LogP contribution >= 0.6 is 0 Å². The molecule has 5 heteroatoms. The topological polar surface area (TPSA) is 47.9 Å². The molecule has 4 nitrogen and oxygen atoms in total. The first-order valence-electron chi connectivity index (χ1n) is 9.37. The van der Waals surface area contributed by atoms with Gasteiger partial charge in [-0.15, -0.1) is 0 Å².